The molecule has 2 unspecified atom stereocenters. The first-order valence-corrected chi connectivity index (χ1v) is 6.01. The number of nitrogens with one attached hydrogen (secondary N) is 1. The molecule has 2 nitrogen and oxygen atoms in total. The molecule has 0 heterocycles. The highest BCUT2D eigenvalue weighted by Crippen LogP contribution is 2.72. The summed E-state index contributed by atoms with van der Waals surface area (Å²) >= 11 is 0. The van der Waals surface area contributed by atoms with Gasteiger partial charge in [0.2, 0.25) is 0 Å². The minimum Gasteiger partial charge on any atom is -0.271 e. The summed E-state index contributed by atoms with van der Waals surface area (Å²) in [6, 6.07) is 0.512. The SMILES string of the molecule is NNC(C1=CCCCC1)C1CC12CC2. The molecule has 0 aliphatic heterocycles. The monoisotopic (exact) mass is 192 g/mol. The zero-order chi connectivity index (χ0) is 9.60. The lowest BCUT2D eigenvalue weighted by Gasteiger charge is -2.22. The minimum atomic E-state index is 0.512. The quantitative estimate of drug-likeness (QED) is 0.408. The van der Waals surface area contributed by atoms with Crippen molar-refractivity contribution in [2.24, 2.45) is 17.2 Å². The maximum absolute atomic E-state index is 5.70. The van der Waals surface area contributed by atoms with Crippen molar-refractivity contribution >= 4 is 0 Å². The molecular weight excluding hydrogens is 172 g/mol. The standard InChI is InChI=1S/C12H20N2/c13-14-11(9-4-2-1-3-5-9)10-8-12(10)6-7-12/h4,10-11,14H,1-3,5-8,13H2. The zero-order valence-corrected chi connectivity index (χ0v) is 8.76. The summed E-state index contributed by atoms with van der Waals surface area (Å²) in [6.45, 7) is 0. The normalized spacial score (nSPS) is 35.2. The number of rotatable bonds is 3. The summed E-state index contributed by atoms with van der Waals surface area (Å²) in [7, 11) is 0. The van der Waals surface area contributed by atoms with Crippen molar-refractivity contribution in [1.82, 2.24) is 5.43 Å². The molecule has 3 N–H and O–H groups in total. The van der Waals surface area contributed by atoms with Gasteiger partial charge in [-0.05, 0) is 56.3 Å². The van der Waals surface area contributed by atoms with Gasteiger partial charge in [0.15, 0.2) is 0 Å². The number of nitrogens with two attached hydrogens (primary N) is 1. The Labute approximate surface area is 85.9 Å². The topological polar surface area (TPSA) is 38.0 Å². The molecule has 0 amide bonds. The van der Waals surface area contributed by atoms with Crippen molar-refractivity contribution in [3.05, 3.63) is 11.6 Å². The van der Waals surface area contributed by atoms with Crippen LogP contribution in [0.1, 0.15) is 44.9 Å². The predicted octanol–water partition coefficient (Wildman–Crippen LogP) is 2.12. The molecule has 14 heavy (non-hydrogen) atoms. The van der Waals surface area contributed by atoms with E-state index < -0.39 is 0 Å². The van der Waals surface area contributed by atoms with Crippen molar-refractivity contribution in [3.8, 4) is 0 Å². The fourth-order valence-corrected chi connectivity index (χ4v) is 3.21. The Morgan fingerprint density at radius 1 is 1.43 bits per heavy atom. The molecule has 2 saturated carbocycles. The summed E-state index contributed by atoms with van der Waals surface area (Å²) in [5.41, 5.74) is 5.42. The predicted molar refractivity (Wildman–Crippen MR) is 57.4 cm³/mol. The maximum atomic E-state index is 5.70. The average Bonchev–Trinajstić information content (AvgIpc) is 3.12. The minimum absolute atomic E-state index is 0.512. The van der Waals surface area contributed by atoms with Crippen molar-refractivity contribution in [2.75, 3.05) is 0 Å². The van der Waals surface area contributed by atoms with Crippen LogP contribution in [0, 0.1) is 11.3 Å². The Balaban J connectivity index is 1.70. The fraction of sp³-hybridized carbons (Fsp3) is 0.833. The lowest BCUT2D eigenvalue weighted by molar-refractivity contribution is 0.472. The second-order valence-corrected chi connectivity index (χ2v) is 5.34. The van der Waals surface area contributed by atoms with Gasteiger partial charge >= 0.3 is 0 Å². The van der Waals surface area contributed by atoms with Crippen molar-refractivity contribution in [2.45, 2.75) is 51.0 Å². The van der Waals surface area contributed by atoms with E-state index >= 15 is 0 Å². The third-order valence-corrected chi connectivity index (χ3v) is 4.45. The van der Waals surface area contributed by atoms with Crippen LogP contribution in [0.15, 0.2) is 11.6 Å². The van der Waals surface area contributed by atoms with Crippen LogP contribution in [0.4, 0.5) is 0 Å². The van der Waals surface area contributed by atoms with Gasteiger partial charge in [0.25, 0.3) is 0 Å². The lowest BCUT2D eigenvalue weighted by atomic mass is 9.91. The average molecular weight is 192 g/mol. The highest BCUT2D eigenvalue weighted by Gasteiger charge is 2.65. The van der Waals surface area contributed by atoms with E-state index in [1.807, 2.05) is 0 Å². The molecule has 0 aromatic carbocycles. The van der Waals surface area contributed by atoms with Crippen LogP contribution in [-0.4, -0.2) is 6.04 Å². The molecule has 2 atom stereocenters. The summed E-state index contributed by atoms with van der Waals surface area (Å²) in [6.07, 6.45) is 12.1. The van der Waals surface area contributed by atoms with E-state index in [0.717, 1.165) is 11.3 Å². The molecule has 3 aliphatic carbocycles. The third kappa shape index (κ3) is 1.32. The largest absolute Gasteiger partial charge is 0.271 e. The Hall–Kier alpha value is -0.340. The second-order valence-electron chi connectivity index (χ2n) is 5.34. The first-order valence-electron chi connectivity index (χ1n) is 6.01. The molecule has 0 radical (unpaired) electrons. The van der Waals surface area contributed by atoms with E-state index in [1.165, 1.54) is 44.9 Å². The summed E-state index contributed by atoms with van der Waals surface area (Å²) < 4.78 is 0. The fourth-order valence-electron chi connectivity index (χ4n) is 3.21. The highest BCUT2D eigenvalue weighted by molar-refractivity contribution is 5.25. The Morgan fingerprint density at radius 2 is 2.29 bits per heavy atom. The van der Waals surface area contributed by atoms with Gasteiger partial charge in [-0.1, -0.05) is 11.6 Å². The van der Waals surface area contributed by atoms with Gasteiger partial charge in [0.1, 0.15) is 0 Å². The van der Waals surface area contributed by atoms with Gasteiger partial charge in [-0.25, -0.2) is 0 Å². The highest BCUT2D eigenvalue weighted by atomic mass is 15.2. The van der Waals surface area contributed by atoms with E-state index in [-0.39, 0.29) is 0 Å². The van der Waals surface area contributed by atoms with E-state index in [4.69, 9.17) is 5.84 Å². The third-order valence-electron chi connectivity index (χ3n) is 4.45. The van der Waals surface area contributed by atoms with Gasteiger partial charge in [-0.15, -0.1) is 0 Å². The Kier molecular flexibility index (Phi) is 1.96. The molecule has 0 aromatic heterocycles. The molecule has 3 rings (SSSR count). The molecule has 2 heteroatoms. The van der Waals surface area contributed by atoms with Crippen molar-refractivity contribution < 1.29 is 0 Å². The molecule has 0 aromatic rings. The van der Waals surface area contributed by atoms with Crippen LogP contribution in [0.3, 0.4) is 0 Å². The molecule has 0 saturated heterocycles. The molecule has 1 spiro atoms. The molecular formula is C12H20N2. The van der Waals surface area contributed by atoms with E-state index in [9.17, 15) is 0 Å². The smallest absolute Gasteiger partial charge is 0.0453 e. The molecule has 2 fully saturated rings. The van der Waals surface area contributed by atoms with E-state index in [1.54, 1.807) is 5.57 Å². The van der Waals surface area contributed by atoms with Crippen LogP contribution >= 0.6 is 0 Å². The van der Waals surface area contributed by atoms with Gasteiger partial charge in [0, 0.05) is 6.04 Å². The number of hydrazine groups is 1. The summed E-state index contributed by atoms with van der Waals surface area (Å²) in [5.74, 6) is 6.57. The Morgan fingerprint density at radius 3 is 2.79 bits per heavy atom. The number of allylic oxidation sites excluding steroid dienone is 1. The number of hydrogen-bond acceptors (Lipinski definition) is 2. The van der Waals surface area contributed by atoms with Crippen LogP contribution in [0.5, 0.6) is 0 Å². The zero-order valence-electron chi connectivity index (χ0n) is 8.76. The van der Waals surface area contributed by atoms with E-state index in [0.29, 0.717) is 6.04 Å². The maximum Gasteiger partial charge on any atom is 0.0453 e. The van der Waals surface area contributed by atoms with Crippen LogP contribution < -0.4 is 11.3 Å². The van der Waals surface area contributed by atoms with Gasteiger partial charge in [-0.3, -0.25) is 11.3 Å². The van der Waals surface area contributed by atoms with Gasteiger partial charge < -0.3 is 0 Å². The summed E-state index contributed by atoms with van der Waals surface area (Å²) in [4.78, 5) is 0. The first-order chi connectivity index (χ1) is 6.86. The molecule has 78 valence electrons. The van der Waals surface area contributed by atoms with Crippen molar-refractivity contribution in [3.63, 3.8) is 0 Å². The molecule has 3 aliphatic rings. The Bertz CT molecular complexity index is 265. The van der Waals surface area contributed by atoms with Crippen LogP contribution in [-0.2, 0) is 0 Å². The second kappa shape index (κ2) is 3.07. The van der Waals surface area contributed by atoms with E-state index in [2.05, 4.69) is 11.5 Å². The van der Waals surface area contributed by atoms with Crippen molar-refractivity contribution in [1.29, 1.82) is 0 Å². The van der Waals surface area contributed by atoms with Gasteiger partial charge in [0.05, 0.1) is 0 Å². The number of hydrogen-bond donors (Lipinski definition) is 2. The first kappa shape index (κ1) is 8.93. The van der Waals surface area contributed by atoms with Gasteiger partial charge in [-0.2, -0.15) is 0 Å². The summed E-state index contributed by atoms with van der Waals surface area (Å²) in [5, 5.41) is 0. The van der Waals surface area contributed by atoms with Crippen LogP contribution in [0.2, 0.25) is 0 Å². The lowest BCUT2D eigenvalue weighted by Crippen LogP contribution is -2.39. The molecule has 0 bridgehead atoms. The van der Waals surface area contributed by atoms with Crippen LogP contribution in [0.25, 0.3) is 0 Å².